The van der Waals surface area contributed by atoms with Crippen molar-refractivity contribution in [2.75, 3.05) is 11.9 Å². The summed E-state index contributed by atoms with van der Waals surface area (Å²) in [5.74, 6) is 1.24. The number of likely N-dealkylation sites (tertiary alicyclic amines) is 1. The van der Waals surface area contributed by atoms with E-state index in [1.54, 1.807) is 36.7 Å². The first-order chi connectivity index (χ1) is 16.0. The van der Waals surface area contributed by atoms with Crippen molar-refractivity contribution in [3.05, 3.63) is 57.1 Å². The van der Waals surface area contributed by atoms with Crippen LogP contribution in [0.15, 0.2) is 35.1 Å². The third-order valence-corrected chi connectivity index (χ3v) is 8.44. The van der Waals surface area contributed by atoms with Crippen LogP contribution >= 0.6 is 27.3 Å². The molecule has 3 aliphatic rings. The Hall–Kier alpha value is -2.39. The molecule has 2 aliphatic carbocycles. The normalized spacial score (nSPS) is 23.5. The maximum atomic E-state index is 14.4. The zero-order valence-electron chi connectivity index (χ0n) is 18.1. The molecule has 1 aliphatic heterocycles. The van der Waals surface area contributed by atoms with Gasteiger partial charge in [-0.25, -0.2) is 19.3 Å². The van der Waals surface area contributed by atoms with Gasteiger partial charge in [-0.05, 0) is 71.6 Å². The van der Waals surface area contributed by atoms with E-state index in [4.69, 9.17) is 4.98 Å². The van der Waals surface area contributed by atoms with Gasteiger partial charge in [0.25, 0.3) is 5.91 Å². The van der Waals surface area contributed by atoms with Crippen LogP contribution in [0.1, 0.15) is 52.7 Å². The highest BCUT2D eigenvalue weighted by Crippen LogP contribution is 2.50. The van der Waals surface area contributed by atoms with Crippen LogP contribution in [0.4, 0.5) is 10.3 Å². The number of fused-ring (bicyclic) bond motifs is 1. The van der Waals surface area contributed by atoms with Crippen molar-refractivity contribution in [1.29, 1.82) is 0 Å². The topological polar surface area (TPSA) is 71.0 Å². The van der Waals surface area contributed by atoms with Crippen molar-refractivity contribution in [3.63, 3.8) is 0 Å². The maximum Gasteiger partial charge on any atom is 0.274 e. The molecule has 3 heterocycles. The first kappa shape index (κ1) is 21.2. The molecular weight excluding hydrogens is 505 g/mol. The standard InChI is InChI=1S/C24H23BrFN5OS/c1-12-2-3-14(7-18(12)26)21-20(30-22(33-21)13-4-5-13)23(32)31-17(6-15-8-19(15)31)11-29-24-27-9-16(25)10-28-24/h2-3,7,9-10,13,15,17,19H,4-6,8,11H2,1H3,(H,27,28,29)/t15-,17+,19+/m1/s1. The van der Waals surface area contributed by atoms with Crippen LogP contribution in [0.2, 0.25) is 0 Å². The molecule has 1 amide bonds. The number of nitrogens with zero attached hydrogens (tertiary/aromatic N) is 4. The highest BCUT2D eigenvalue weighted by atomic mass is 79.9. The van der Waals surface area contributed by atoms with Gasteiger partial charge in [-0.2, -0.15) is 0 Å². The Labute approximate surface area is 203 Å². The molecule has 0 unspecified atom stereocenters. The molecule has 1 aromatic carbocycles. The summed E-state index contributed by atoms with van der Waals surface area (Å²) in [6.07, 6.45) is 7.63. The van der Waals surface area contributed by atoms with Crippen molar-refractivity contribution in [3.8, 4) is 10.4 Å². The number of hydrogen-bond donors (Lipinski definition) is 1. The summed E-state index contributed by atoms with van der Waals surface area (Å²) in [5, 5.41) is 4.28. The quantitative estimate of drug-likeness (QED) is 0.464. The number of benzene rings is 1. The second kappa shape index (κ2) is 8.13. The lowest BCUT2D eigenvalue weighted by Gasteiger charge is -2.27. The first-order valence-corrected chi connectivity index (χ1v) is 12.9. The van der Waals surface area contributed by atoms with Gasteiger partial charge in [-0.3, -0.25) is 4.79 Å². The number of anilines is 1. The van der Waals surface area contributed by atoms with Gasteiger partial charge in [-0.1, -0.05) is 12.1 Å². The smallest absolute Gasteiger partial charge is 0.274 e. The molecule has 3 aromatic rings. The number of halogens is 2. The molecule has 170 valence electrons. The monoisotopic (exact) mass is 527 g/mol. The first-order valence-electron chi connectivity index (χ1n) is 11.3. The largest absolute Gasteiger partial charge is 0.352 e. The van der Waals surface area contributed by atoms with E-state index in [2.05, 4.69) is 31.2 Å². The third-order valence-electron chi connectivity index (χ3n) is 6.77. The summed E-state index contributed by atoms with van der Waals surface area (Å²) in [7, 11) is 0. The molecular formula is C24H23BrFN5OS. The van der Waals surface area contributed by atoms with Crippen LogP contribution in [-0.4, -0.2) is 44.4 Å². The summed E-state index contributed by atoms with van der Waals surface area (Å²) in [6, 6.07) is 5.52. The van der Waals surface area contributed by atoms with E-state index in [-0.39, 0.29) is 23.8 Å². The maximum absolute atomic E-state index is 14.4. The molecule has 9 heteroatoms. The SMILES string of the molecule is Cc1ccc(-c2sc(C3CC3)nc2C(=O)N2[C@H](CNc3ncc(Br)cn3)C[C@@H]3C[C@@H]32)cc1F. The molecule has 2 aromatic heterocycles. The third kappa shape index (κ3) is 4.05. The van der Waals surface area contributed by atoms with Gasteiger partial charge in [0, 0.05) is 30.9 Å². The van der Waals surface area contributed by atoms with E-state index in [0.29, 0.717) is 35.6 Å². The number of rotatable bonds is 6. The molecule has 6 rings (SSSR count). The van der Waals surface area contributed by atoms with E-state index in [1.807, 2.05) is 11.0 Å². The zero-order chi connectivity index (χ0) is 22.7. The van der Waals surface area contributed by atoms with Crippen LogP contribution in [0.3, 0.4) is 0 Å². The Kier molecular flexibility index (Phi) is 5.21. The number of thiazole rings is 1. The van der Waals surface area contributed by atoms with Gasteiger partial charge < -0.3 is 10.2 Å². The number of amides is 1. The van der Waals surface area contributed by atoms with E-state index in [9.17, 15) is 9.18 Å². The highest BCUT2D eigenvalue weighted by molar-refractivity contribution is 9.10. The lowest BCUT2D eigenvalue weighted by molar-refractivity contribution is 0.0704. The van der Waals surface area contributed by atoms with Gasteiger partial charge >= 0.3 is 0 Å². The summed E-state index contributed by atoms with van der Waals surface area (Å²) in [4.78, 5) is 30.0. The number of carbonyl (C=O) groups is 1. The number of hydrogen-bond acceptors (Lipinski definition) is 6. The van der Waals surface area contributed by atoms with E-state index < -0.39 is 0 Å². The van der Waals surface area contributed by atoms with Crippen molar-refractivity contribution >= 4 is 39.1 Å². The van der Waals surface area contributed by atoms with Gasteiger partial charge in [0.1, 0.15) is 11.5 Å². The molecule has 33 heavy (non-hydrogen) atoms. The number of aryl methyl sites for hydroxylation is 1. The molecule has 2 saturated carbocycles. The second-order valence-corrected chi connectivity index (χ2v) is 11.2. The molecule has 6 nitrogen and oxygen atoms in total. The molecule has 0 bridgehead atoms. The minimum atomic E-state index is -0.257. The van der Waals surface area contributed by atoms with Crippen molar-refractivity contribution in [2.45, 2.75) is 50.6 Å². The van der Waals surface area contributed by atoms with Crippen LogP contribution in [0.25, 0.3) is 10.4 Å². The van der Waals surface area contributed by atoms with Crippen LogP contribution in [-0.2, 0) is 0 Å². The van der Waals surface area contributed by atoms with E-state index in [0.717, 1.165) is 45.6 Å². The van der Waals surface area contributed by atoms with Crippen LogP contribution < -0.4 is 5.32 Å². The Morgan fingerprint density at radius 3 is 2.79 bits per heavy atom. The summed E-state index contributed by atoms with van der Waals surface area (Å²) in [6.45, 7) is 2.34. The van der Waals surface area contributed by atoms with Crippen LogP contribution in [0, 0.1) is 18.7 Å². The summed E-state index contributed by atoms with van der Waals surface area (Å²) >= 11 is 4.89. The molecule has 3 atom stereocenters. The summed E-state index contributed by atoms with van der Waals surface area (Å²) < 4.78 is 15.2. The fourth-order valence-corrected chi connectivity index (χ4v) is 6.14. The highest BCUT2D eigenvalue weighted by Gasteiger charge is 2.54. The molecule has 3 fully saturated rings. The number of carbonyl (C=O) groups excluding carboxylic acids is 1. The average Bonchev–Trinajstić information content (AvgIpc) is 3.73. The van der Waals surface area contributed by atoms with Crippen molar-refractivity contribution < 1.29 is 9.18 Å². The predicted octanol–water partition coefficient (Wildman–Crippen LogP) is 5.40. The lowest BCUT2D eigenvalue weighted by atomic mass is 10.1. The van der Waals surface area contributed by atoms with Gasteiger partial charge in [0.05, 0.1) is 20.4 Å². The molecule has 0 spiro atoms. The fraction of sp³-hybridized carbons (Fsp3) is 0.417. The van der Waals surface area contributed by atoms with Crippen LogP contribution in [0.5, 0.6) is 0 Å². The molecule has 1 saturated heterocycles. The predicted molar refractivity (Wildman–Crippen MR) is 129 cm³/mol. The van der Waals surface area contributed by atoms with E-state index >= 15 is 0 Å². The van der Waals surface area contributed by atoms with Gasteiger partial charge in [0.2, 0.25) is 5.95 Å². The number of nitrogens with one attached hydrogen (secondary N) is 1. The summed E-state index contributed by atoms with van der Waals surface area (Å²) in [5.41, 5.74) is 1.80. The Bertz CT molecular complexity index is 1230. The number of piperidine rings is 1. The average molecular weight is 528 g/mol. The second-order valence-electron chi connectivity index (χ2n) is 9.24. The minimum absolute atomic E-state index is 0.0392. The molecule has 1 N–H and O–H groups in total. The van der Waals surface area contributed by atoms with Gasteiger partial charge in [-0.15, -0.1) is 11.3 Å². The van der Waals surface area contributed by atoms with Crippen molar-refractivity contribution in [1.82, 2.24) is 19.9 Å². The van der Waals surface area contributed by atoms with Gasteiger partial charge in [0.15, 0.2) is 0 Å². The van der Waals surface area contributed by atoms with E-state index in [1.165, 1.54) is 6.07 Å². The molecule has 0 radical (unpaired) electrons. The van der Waals surface area contributed by atoms with Crippen molar-refractivity contribution in [2.24, 2.45) is 5.92 Å². The Morgan fingerprint density at radius 2 is 2.06 bits per heavy atom. The zero-order valence-corrected chi connectivity index (χ0v) is 20.5. The number of aromatic nitrogens is 3. The fourth-order valence-electron chi connectivity index (χ4n) is 4.71. The lowest BCUT2D eigenvalue weighted by Crippen LogP contribution is -2.42. The minimum Gasteiger partial charge on any atom is -0.352 e. The Balaban J connectivity index is 1.29. The Morgan fingerprint density at radius 1 is 1.27 bits per heavy atom.